The third kappa shape index (κ3) is 5.30. The molecule has 0 radical (unpaired) electrons. The van der Waals surface area contributed by atoms with Crippen molar-refractivity contribution in [2.24, 2.45) is 17.8 Å². The number of halogens is 1. The van der Waals surface area contributed by atoms with Gasteiger partial charge in [-0.05, 0) is 98.7 Å². The van der Waals surface area contributed by atoms with Crippen molar-refractivity contribution in [2.45, 2.75) is 77.0 Å². The summed E-state index contributed by atoms with van der Waals surface area (Å²) in [4.78, 5) is 0. The Labute approximate surface area is 176 Å². The molecule has 2 fully saturated rings. The molecule has 0 aliphatic heterocycles. The summed E-state index contributed by atoms with van der Waals surface area (Å²) in [6, 6.07) is 18.2. The number of hydrogen-bond acceptors (Lipinski definition) is 0. The molecule has 0 nitrogen and oxygen atoms in total. The predicted octanol–water partition coefficient (Wildman–Crippen LogP) is 8.49. The number of hydrogen-bond donors (Lipinski definition) is 0. The molecule has 2 aliphatic carbocycles. The zero-order valence-corrected chi connectivity index (χ0v) is 18.1. The summed E-state index contributed by atoms with van der Waals surface area (Å²) in [6.45, 7) is 2.01. The Morgan fingerprint density at radius 1 is 0.690 bits per heavy atom. The van der Waals surface area contributed by atoms with Gasteiger partial charge in [-0.3, -0.25) is 4.39 Å². The first kappa shape index (κ1) is 20.6. The van der Waals surface area contributed by atoms with Gasteiger partial charge in [0.2, 0.25) is 0 Å². The quantitative estimate of drug-likeness (QED) is 0.462. The van der Waals surface area contributed by atoms with E-state index in [0.29, 0.717) is 0 Å². The first-order valence-corrected chi connectivity index (χ1v) is 12.0. The van der Waals surface area contributed by atoms with E-state index in [4.69, 9.17) is 0 Å². The van der Waals surface area contributed by atoms with E-state index in [1.807, 2.05) is 0 Å². The molecule has 2 aliphatic rings. The third-order valence-electron chi connectivity index (χ3n) is 7.84. The van der Waals surface area contributed by atoms with Crippen LogP contribution in [0.15, 0.2) is 48.5 Å². The number of benzene rings is 2. The minimum absolute atomic E-state index is 0.129. The maximum atomic E-state index is 12.4. The van der Waals surface area contributed by atoms with Crippen molar-refractivity contribution in [3.63, 3.8) is 0 Å². The fraction of sp³-hybridized carbons (Fsp3) is 0.571. The van der Waals surface area contributed by atoms with Gasteiger partial charge in [0.25, 0.3) is 0 Å². The van der Waals surface area contributed by atoms with E-state index in [0.717, 1.165) is 36.5 Å². The molecule has 0 amide bonds. The molecule has 0 unspecified atom stereocenters. The molecule has 2 saturated carbocycles. The molecule has 0 saturated heterocycles. The van der Waals surface area contributed by atoms with Crippen molar-refractivity contribution in [2.75, 3.05) is 6.67 Å². The molecule has 0 atom stereocenters. The van der Waals surface area contributed by atoms with Crippen LogP contribution in [0.3, 0.4) is 0 Å². The highest BCUT2D eigenvalue weighted by molar-refractivity contribution is 5.64. The lowest BCUT2D eigenvalue weighted by Crippen LogP contribution is -2.25. The first-order chi connectivity index (χ1) is 14.2. The monoisotopic (exact) mass is 392 g/mol. The van der Waals surface area contributed by atoms with E-state index in [1.165, 1.54) is 73.6 Å². The summed E-state index contributed by atoms with van der Waals surface area (Å²) in [6.07, 6.45) is 12.9. The zero-order chi connectivity index (χ0) is 20.1. The van der Waals surface area contributed by atoms with Gasteiger partial charge < -0.3 is 0 Å². The largest absolute Gasteiger partial charge is 0.251 e. The molecule has 29 heavy (non-hydrogen) atoms. The molecule has 2 aromatic carbocycles. The molecular weight excluding hydrogens is 355 g/mol. The molecule has 0 heterocycles. The topological polar surface area (TPSA) is 0 Å². The molecule has 2 aromatic rings. The van der Waals surface area contributed by atoms with Gasteiger partial charge in [-0.25, -0.2) is 0 Å². The standard InChI is InChI=1S/C28H37F/c1-21-4-8-23(9-5-21)25-12-16-27(17-13-25)28-18-14-26(15-19-28)24-10-6-22(7-11-24)3-2-20-29/h4-5,8-9,12-13,16-17,22,24,26,28H,2-3,6-7,10-11,14-15,18-20H2,1H3. The Balaban J connectivity index is 1.27. The van der Waals surface area contributed by atoms with Gasteiger partial charge in [-0.1, -0.05) is 66.9 Å². The molecule has 0 aromatic heterocycles. The second-order valence-electron chi connectivity index (χ2n) is 9.71. The molecule has 156 valence electrons. The van der Waals surface area contributed by atoms with Crippen LogP contribution >= 0.6 is 0 Å². The Kier molecular flexibility index (Phi) is 7.06. The van der Waals surface area contributed by atoms with E-state index >= 15 is 0 Å². The van der Waals surface area contributed by atoms with Gasteiger partial charge in [0.05, 0.1) is 6.67 Å². The summed E-state index contributed by atoms with van der Waals surface area (Å²) in [5, 5.41) is 0. The fourth-order valence-electron chi connectivity index (χ4n) is 5.93. The second kappa shape index (κ2) is 9.92. The lowest BCUT2D eigenvalue weighted by Gasteiger charge is -2.38. The highest BCUT2D eigenvalue weighted by Gasteiger charge is 2.31. The van der Waals surface area contributed by atoms with Crippen molar-refractivity contribution in [3.05, 3.63) is 59.7 Å². The lowest BCUT2D eigenvalue weighted by atomic mass is 9.68. The van der Waals surface area contributed by atoms with E-state index in [9.17, 15) is 4.39 Å². The van der Waals surface area contributed by atoms with Crippen molar-refractivity contribution in [3.8, 4) is 11.1 Å². The highest BCUT2D eigenvalue weighted by atomic mass is 19.1. The maximum Gasteiger partial charge on any atom is 0.0894 e. The summed E-state index contributed by atoms with van der Waals surface area (Å²) in [5.74, 6) is 3.45. The zero-order valence-electron chi connectivity index (χ0n) is 18.1. The van der Waals surface area contributed by atoms with E-state index in [1.54, 1.807) is 0 Å². The van der Waals surface area contributed by atoms with Crippen LogP contribution in [0.25, 0.3) is 11.1 Å². The minimum Gasteiger partial charge on any atom is -0.251 e. The van der Waals surface area contributed by atoms with Gasteiger partial charge in [-0.15, -0.1) is 0 Å². The summed E-state index contributed by atoms with van der Waals surface area (Å²) >= 11 is 0. The van der Waals surface area contributed by atoms with Crippen LogP contribution in [-0.2, 0) is 0 Å². The van der Waals surface area contributed by atoms with E-state index in [2.05, 4.69) is 55.5 Å². The Morgan fingerprint density at radius 2 is 1.21 bits per heavy atom. The summed E-state index contributed by atoms with van der Waals surface area (Å²) in [5.41, 5.74) is 5.49. The van der Waals surface area contributed by atoms with Crippen LogP contribution in [0, 0.1) is 24.7 Å². The Morgan fingerprint density at radius 3 is 1.76 bits per heavy atom. The van der Waals surface area contributed by atoms with Crippen LogP contribution in [-0.4, -0.2) is 6.67 Å². The van der Waals surface area contributed by atoms with Crippen LogP contribution < -0.4 is 0 Å². The van der Waals surface area contributed by atoms with Gasteiger partial charge in [0, 0.05) is 0 Å². The highest BCUT2D eigenvalue weighted by Crippen LogP contribution is 2.44. The average molecular weight is 393 g/mol. The molecule has 0 spiro atoms. The summed E-state index contributed by atoms with van der Waals surface area (Å²) < 4.78 is 12.4. The average Bonchev–Trinajstić information content (AvgIpc) is 2.79. The number of aryl methyl sites for hydroxylation is 1. The minimum atomic E-state index is -0.129. The van der Waals surface area contributed by atoms with Crippen molar-refractivity contribution >= 4 is 0 Å². The van der Waals surface area contributed by atoms with Crippen molar-refractivity contribution < 1.29 is 4.39 Å². The van der Waals surface area contributed by atoms with Crippen LogP contribution in [0.4, 0.5) is 4.39 Å². The van der Waals surface area contributed by atoms with Crippen LogP contribution in [0.2, 0.25) is 0 Å². The molecule has 4 rings (SSSR count). The van der Waals surface area contributed by atoms with Gasteiger partial charge in [-0.2, -0.15) is 0 Å². The van der Waals surface area contributed by atoms with Crippen LogP contribution in [0.5, 0.6) is 0 Å². The van der Waals surface area contributed by atoms with Crippen LogP contribution in [0.1, 0.15) is 81.3 Å². The fourth-order valence-corrected chi connectivity index (χ4v) is 5.93. The van der Waals surface area contributed by atoms with E-state index in [-0.39, 0.29) is 6.67 Å². The molecule has 0 bridgehead atoms. The number of rotatable bonds is 6. The maximum absolute atomic E-state index is 12.4. The van der Waals surface area contributed by atoms with Crippen molar-refractivity contribution in [1.29, 1.82) is 0 Å². The Hall–Kier alpha value is -1.63. The smallest absolute Gasteiger partial charge is 0.0894 e. The van der Waals surface area contributed by atoms with Gasteiger partial charge >= 0.3 is 0 Å². The van der Waals surface area contributed by atoms with Crippen molar-refractivity contribution in [1.82, 2.24) is 0 Å². The Bertz CT molecular complexity index is 729. The normalized spacial score (nSPS) is 27.7. The van der Waals surface area contributed by atoms with Gasteiger partial charge in [0.15, 0.2) is 0 Å². The second-order valence-corrected chi connectivity index (χ2v) is 9.71. The SMILES string of the molecule is Cc1ccc(-c2ccc(C3CCC(C4CCC(CCCF)CC4)CC3)cc2)cc1. The van der Waals surface area contributed by atoms with Gasteiger partial charge in [0.1, 0.15) is 0 Å². The predicted molar refractivity (Wildman–Crippen MR) is 122 cm³/mol. The number of alkyl halides is 1. The molecular formula is C28H37F. The van der Waals surface area contributed by atoms with E-state index < -0.39 is 0 Å². The molecule has 1 heteroatoms. The summed E-state index contributed by atoms with van der Waals surface area (Å²) in [7, 11) is 0. The third-order valence-corrected chi connectivity index (χ3v) is 7.84. The lowest BCUT2D eigenvalue weighted by molar-refractivity contribution is 0.155. The molecule has 0 N–H and O–H groups in total. The first-order valence-electron chi connectivity index (χ1n) is 12.0.